The summed E-state index contributed by atoms with van der Waals surface area (Å²) < 4.78 is 0. The van der Waals surface area contributed by atoms with Gasteiger partial charge in [-0.1, -0.05) is 23.6 Å². The van der Waals surface area contributed by atoms with E-state index < -0.39 is 0 Å². The van der Waals surface area contributed by atoms with E-state index in [1.54, 1.807) is 18.2 Å². The maximum absolute atomic E-state index is 9.02. The van der Waals surface area contributed by atoms with Crippen molar-refractivity contribution in [3.05, 3.63) is 58.6 Å². The van der Waals surface area contributed by atoms with Crippen molar-refractivity contribution in [3.8, 4) is 18.4 Å². The highest BCUT2D eigenvalue weighted by molar-refractivity contribution is 6.30. The lowest BCUT2D eigenvalue weighted by Gasteiger charge is -2.09. The second-order valence-electron chi connectivity index (χ2n) is 3.65. The van der Waals surface area contributed by atoms with Crippen molar-refractivity contribution in [2.45, 2.75) is 0 Å². The van der Waals surface area contributed by atoms with E-state index in [1.807, 2.05) is 24.3 Å². The van der Waals surface area contributed by atoms with Crippen molar-refractivity contribution in [3.63, 3.8) is 0 Å². The number of hydrogen-bond acceptors (Lipinski definition) is 2. The summed E-state index contributed by atoms with van der Waals surface area (Å²) in [5.41, 5.74) is 2.80. The van der Waals surface area contributed by atoms with Crippen LogP contribution in [0.4, 0.5) is 11.4 Å². The standard InChI is InChI=1S/C15H9ClN2/c1-2-11-4-3-5-14(8-11)18-15-9-13(16)7-6-12(15)10-17/h1,3-9,18H. The van der Waals surface area contributed by atoms with Crippen LogP contribution in [0.1, 0.15) is 11.1 Å². The van der Waals surface area contributed by atoms with Crippen LogP contribution in [0.3, 0.4) is 0 Å². The molecule has 3 heteroatoms. The fraction of sp³-hybridized carbons (Fsp3) is 0. The van der Waals surface area contributed by atoms with Crippen LogP contribution in [0.2, 0.25) is 5.02 Å². The summed E-state index contributed by atoms with van der Waals surface area (Å²) in [7, 11) is 0. The van der Waals surface area contributed by atoms with E-state index >= 15 is 0 Å². The molecule has 0 aliphatic carbocycles. The first-order valence-electron chi connectivity index (χ1n) is 5.26. The number of hydrogen-bond donors (Lipinski definition) is 1. The summed E-state index contributed by atoms with van der Waals surface area (Å²) >= 11 is 5.92. The zero-order valence-corrected chi connectivity index (χ0v) is 10.2. The molecule has 0 aromatic heterocycles. The molecule has 0 amide bonds. The summed E-state index contributed by atoms with van der Waals surface area (Å²) in [6, 6.07) is 14.6. The quantitative estimate of drug-likeness (QED) is 0.822. The number of nitriles is 1. The Morgan fingerprint density at radius 3 is 2.72 bits per heavy atom. The third-order valence-corrected chi connectivity index (χ3v) is 2.65. The van der Waals surface area contributed by atoms with Gasteiger partial charge in [0.05, 0.1) is 11.3 Å². The van der Waals surface area contributed by atoms with Crippen molar-refractivity contribution in [2.75, 3.05) is 5.32 Å². The zero-order valence-electron chi connectivity index (χ0n) is 9.44. The first-order chi connectivity index (χ1) is 8.72. The predicted octanol–water partition coefficient (Wildman–Crippen LogP) is 3.94. The largest absolute Gasteiger partial charge is 0.354 e. The van der Waals surface area contributed by atoms with Gasteiger partial charge in [-0.2, -0.15) is 5.26 Å². The average Bonchev–Trinajstić information content (AvgIpc) is 2.39. The number of anilines is 2. The van der Waals surface area contributed by atoms with Crippen LogP contribution in [0.25, 0.3) is 0 Å². The van der Waals surface area contributed by atoms with Gasteiger partial charge in [0.1, 0.15) is 6.07 Å². The van der Waals surface area contributed by atoms with Gasteiger partial charge in [-0.25, -0.2) is 0 Å². The Labute approximate surface area is 111 Å². The van der Waals surface area contributed by atoms with E-state index in [9.17, 15) is 0 Å². The smallest absolute Gasteiger partial charge is 0.101 e. The predicted molar refractivity (Wildman–Crippen MR) is 73.8 cm³/mol. The molecule has 0 atom stereocenters. The van der Waals surface area contributed by atoms with Gasteiger partial charge < -0.3 is 5.32 Å². The molecule has 0 saturated heterocycles. The first-order valence-corrected chi connectivity index (χ1v) is 5.64. The Hall–Kier alpha value is -2.42. The van der Waals surface area contributed by atoms with Gasteiger partial charge in [0.25, 0.3) is 0 Å². The van der Waals surface area contributed by atoms with Crippen LogP contribution in [-0.2, 0) is 0 Å². The fourth-order valence-electron chi connectivity index (χ4n) is 1.56. The molecule has 2 aromatic carbocycles. The molecule has 2 aromatic rings. The normalized spacial score (nSPS) is 9.28. The van der Waals surface area contributed by atoms with Crippen molar-refractivity contribution in [1.82, 2.24) is 0 Å². The van der Waals surface area contributed by atoms with Crippen LogP contribution < -0.4 is 5.32 Å². The SMILES string of the molecule is C#Cc1cccc(Nc2cc(Cl)ccc2C#N)c1. The lowest BCUT2D eigenvalue weighted by molar-refractivity contribution is 1.46. The van der Waals surface area contributed by atoms with E-state index in [4.69, 9.17) is 23.3 Å². The molecule has 0 radical (unpaired) electrons. The van der Waals surface area contributed by atoms with E-state index in [0.29, 0.717) is 16.3 Å². The van der Waals surface area contributed by atoms with Crippen molar-refractivity contribution >= 4 is 23.0 Å². The molecule has 0 fully saturated rings. The Bertz CT molecular complexity index is 663. The third-order valence-electron chi connectivity index (χ3n) is 2.41. The van der Waals surface area contributed by atoms with Crippen LogP contribution in [0.15, 0.2) is 42.5 Å². The van der Waals surface area contributed by atoms with E-state index in [1.165, 1.54) is 0 Å². The highest BCUT2D eigenvalue weighted by atomic mass is 35.5. The van der Waals surface area contributed by atoms with Crippen molar-refractivity contribution < 1.29 is 0 Å². The van der Waals surface area contributed by atoms with E-state index in [0.717, 1.165) is 11.3 Å². The fourth-order valence-corrected chi connectivity index (χ4v) is 1.73. The summed E-state index contributed by atoms with van der Waals surface area (Å²) in [6.07, 6.45) is 5.34. The molecule has 18 heavy (non-hydrogen) atoms. The van der Waals surface area contributed by atoms with Gasteiger partial charge >= 0.3 is 0 Å². The summed E-state index contributed by atoms with van der Waals surface area (Å²) in [5, 5.41) is 12.7. The second kappa shape index (κ2) is 5.27. The highest BCUT2D eigenvalue weighted by Crippen LogP contribution is 2.24. The number of nitrogens with one attached hydrogen (secondary N) is 1. The maximum Gasteiger partial charge on any atom is 0.101 e. The van der Waals surface area contributed by atoms with Crippen LogP contribution in [0, 0.1) is 23.7 Å². The minimum Gasteiger partial charge on any atom is -0.354 e. The molecule has 2 nitrogen and oxygen atoms in total. The Kier molecular flexibility index (Phi) is 3.53. The van der Waals surface area contributed by atoms with Crippen molar-refractivity contribution in [1.29, 1.82) is 5.26 Å². The maximum atomic E-state index is 9.02. The average molecular weight is 253 g/mol. The third kappa shape index (κ3) is 2.63. The van der Waals surface area contributed by atoms with E-state index in [-0.39, 0.29) is 0 Å². The van der Waals surface area contributed by atoms with Gasteiger partial charge in [0, 0.05) is 16.3 Å². The zero-order chi connectivity index (χ0) is 13.0. The number of halogens is 1. The summed E-state index contributed by atoms with van der Waals surface area (Å²) in [4.78, 5) is 0. The van der Waals surface area contributed by atoms with Crippen LogP contribution in [-0.4, -0.2) is 0 Å². The molecular weight excluding hydrogens is 244 g/mol. The molecule has 0 aliphatic rings. The van der Waals surface area contributed by atoms with Crippen LogP contribution >= 0.6 is 11.6 Å². The van der Waals surface area contributed by atoms with Crippen molar-refractivity contribution in [2.24, 2.45) is 0 Å². The van der Waals surface area contributed by atoms with Gasteiger partial charge in [-0.3, -0.25) is 0 Å². The molecule has 86 valence electrons. The topological polar surface area (TPSA) is 35.8 Å². The number of benzene rings is 2. The van der Waals surface area contributed by atoms with Crippen LogP contribution in [0.5, 0.6) is 0 Å². The summed E-state index contributed by atoms with van der Waals surface area (Å²) in [5.74, 6) is 2.56. The molecule has 0 bridgehead atoms. The number of terminal acetylenes is 1. The Morgan fingerprint density at radius 2 is 2.00 bits per heavy atom. The Morgan fingerprint density at radius 1 is 1.17 bits per heavy atom. The molecule has 0 unspecified atom stereocenters. The molecule has 0 aliphatic heterocycles. The first kappa shape index (κ1) is 12.0. The second-order valence-corrected chi connectivity index (χ2v) is 4.09. The number of rotatable bonds is 2. The van der Waals surface area contributed by atoms with E-state index in [2.05, 4.69) is 17.3 Å². The molecule has 2 rings (SSSR count). The lowest BCUT2D eigenvalue weighted by atomic mass is 10.1. The molecule has 0 saturated carbocycles. The van der Waals surface area contributed by atoms with Gasteiger partial charge in [0.2, 0.25) is 0 Å². The minimum absolute atomic E-state index is 0.533. The van der Waals surface area contributed by atoms with Gasteiger partial charge in [0.15, 0.2) is 0 Å². The Balaban J connectivity index is 2.37. The molecule has 0 spiro atoms. The molecular formula is C15H9ClN2. The lowest BCUT2D eigenvalue weighted by Crippen LogP contribution is -1.94. The van der Waals surface area contributed by atoms with Gasteiger partial charge in [-0.05, 0) is 36.4 Å². The summed E-state index contributed by atoms with van der Waals surface area (Å²) in [6.45, 7) is 0. The highest BCUT2D eigenvalue weighted by Gasteiger charge is 2.03. The number of nitrogens with zero attached hydrogens (tertiary/aromatic N) is 1. The molecule has 0 heterocycles. The van der Waals surface area contributed by atoms with Gasteiger partial charge in [-0.15, -0.1) is 6.42 Å². The monoisotopic (exact) mass is 252 g/mol. The minimum atomic E-state index is 0.533. The molecule has 1 N–H and O–H groups in total.